The minimum absolute atomic E-state index is 0.0192. The van der Waals surface area contributed by atoms with Crippen LogP contribution in [0.2, 0.25) is 10.0 Å². The molecule has 0 spiro atoms. The normalized spacial score (nSPS) is 16.8. The molecule has 0 unspecified atom stereocenters. The van der Waals surface area contributed by atoms with Crippen molar-refractivity contribution in [1.82, 2.24) is 5.32 Å². The Kier molecular flexibility index (Phi) is 3.44. The number of hydrogen-bond donors (Lipinski definition) is 2. The van der Waals surface area contributed by atoms with E-state index in [1.165, 1.54) is 12.1 Å². The number of halogens is 2. The summed E-state index contributed by atoms with van der Waals surface area (Å²) in [6.07, 6.45) is 0. The summed E-state index contributed by atoms with van der Waals surface area (Å²) in [5.41, 5.74) is 0.291. The minimum Gasteiger partial charge on any atom is -0.353 e. The molecule has 8 heteroatoms. The molecule has 0 aliphatic carbocycles. The van der Waals surface area contributed by atoms with Gasteiger partial charge in [-0.2, -0.15) is 8.42 Å². The molecule has 0 radical (unpaired) electrons. The lowest BCUT2D eigenvalue weighted by molar-refractivity contribution is 0.597. The zero-order valence-corrected chi connectivity index (χ0v) is 12.0. The average molecular weight is 308 g/mol. The fourth-order valence-electron chi connectivity index (χ4n) is 1.52. The maximum atomic E-state index is 12.0. The summed E-state index contributed by atoms with van der Waals surface area (Å²) in [5.74, 6) is 0.154. The zero-order chi connectivity index (χ0) is 13.5. The Labute approximate surface area is 115 Å². The van der Waals surface area contributed by atoms with E-state index in [2.05, 4.69) is 15.0 Å². The number of nitrogens with zero attached hydrogens (tertiary/aromatic N) is 1. The number of fused-ring (bicyclic) bond motifs is 1. The second-order valence-electron chi connectivity index (χ2n) is 4.10. The van der Waals surface area contributed by atoms with Crippen LogP contribution in [0.1, 0.15) is 13.8 Å². The molecule has 18 heavy (non-hydrogen) atoms. The molecular weight excluding hydrogens is 297 g/mol. The highest BCUT2D eigenvalue weighted by atomic mass is 35.5. The van der Waals surface area contributed by atoms with Gasteiger partial charge < -0.3 is 10.6 Å². The van der Waals surface area contributed by atoms with E-state index in [4.69, 9.17) is 23.2 Å². The summed E-state index contributed by atoms with van der Waals surface area (Å²) < 4.78 is 27.6. The van der Waals surface area contributed by atoms with Gasteiger partial charge in [-0.15, -0.1) is 4.40 Å². The second kappa shape index (κ2) is 4.60. The van der Waals surface area contributed by atoms with Crippen LogP contribution < -0.4 is 10.6 Å². The Hall–Kier alpha value is -0.980. The maximum absolute atomic E-state index is 12.0. The first-order valence-corrected chi connectivity index (χ1v) is 7.37. The summed E-state index contributed by atoms with van der Waals surface area (Å²) >= 11 is 11.8. The fourth-order valence-corrected chi connectivity index (χ4v) is 3.31. The smallest absolute Gasteiger partial charge is 0.287 e. The van der Waals surface area contributed by atoms with Crippen molar-refractivity contribution in [2.75, 3.05) is 5.32 Å². The topological polar surface area (TPSA) is 70.6 Å². The lowest BCUT2D eigenvalue weighted by Gasteiger charge is -2.21. The van der Waals surface area contributed by atoms with Gasteiger partial charge in [0.1, 0.15) is 4.90 Å². The van der Waals surface area contributed by atoms with Crippen molar-refractivity contribution >= 4 is 44.9 Å². The molecular formula is C10H11Cl2N3O2S. The first kappa shape index (κ1) is 13.5. The highest BCUT2D eigenvalue weighted by Gasteiger charge is 2.27. The predicted molar refractivity (Wildman–Crippen MR) is 73.0 cm³/mol. The van der Waals surface area contributed by atoms with Gasteiger partial charge in [0, 0.05) is 11.1 Å². The van der Waals surface area contributed by atoms with Crippen LogP contribution in [0.3, 0.4) is 0 Å². The molecule has 0 bridgehead atoms. The van der Waals surface area contributed by atoms with Crippen molar-refractivity contribution in [1.29, 1.82) is 0 Å². The number of sulfonamides is 1. The van der Waals surface area contributed by atoms with Crippen LogP contribution in [-0.4, -0.2) is 20.4 Å². The molecule has 98 valence electrons. The van der Waals surface area contributed by atoms with Gasteiger partial charge in [-0.1, -0.05) is 23.2 Å². The van der Waals surface area contributed by atoms with Crippen LogP contribution in [0.15, 0.2) is 21.4 Å². The number of rotatable bonds is 1. The third-order valence-electron chi connectivity index (χ3n) is 2.18. The molecule has 0 atom stereocenters. The summed E-state index contributed by atoms with van der Waals surface area (Å²) in [7, 11) is -3.79. The molecule has 1 aromatic carbocycles. The van der Waals surface area contributed by atoms with Crippen molar-refractivity contribution in [2.24, 2.45) is 4.40 Å². The second-order valence-corrected chi connectivity index (χ2v) is 6.52. The fraction of sp³-hybridized carbons (Fsp3) is 0.300. The van der Waals surface area contributed by atoms with E-state index in [0.717, 1.165) is 0 Å². The summed E-state index contributed by atoms with van der Waals surface area (Å²) in [6, 6.07) is 2.84. The third-order valence-corrected chi connectivity index (χ3v) is 3.99. The van der Waals surface area contributed by atoms with Gasteiger partial charge >= 0.3 is 0 Å². The molecule has 2 rings (SSSR count). The van der Waals surface area contributed by atoms with Gasteiger partial charge in [-0.25, -0.2) is 0 Å². The standard InChI is InChI=1S/C10H11Cl2N3O2S/c1-5(2)13-10-14-9-7(12)3-6(11)4-8(9)18(16,17)15-10/h3-5H,1-2H3,(H2,13,14,15). The van der Waals surface area contributed by atoms with Crippen LogP contribution >= 0.6 is 23.2 Å². The van der Waals surface area contributed by atoms with E-state index >= 15 is 0 Å². The molecule has 1 heterocycles. The first-order valence-electron chi connectivity index (χ1n) is 5.17. The van der Waals surface area contributed by atoms with Crippen LogP contribution in [0.25, 0.3) is 0 Å². The maximum Gasteiger partial charge on any atom is 0.287 e. The molecule has 1 aliphatic rings. The largest absolute Gasteiger partial charge is 0.353 e. The molecule has 0 saturated carbocycles. The Bertz CT molecular complexity index is 626. The van der Waals surface area contributed by atoms with Crippen LogP contribution in [0, 0.1) is 0 Å². The quantitative estimate of drug-likeness (QED) is 0.836. The number of anilines is 1. The van der Waals surface area contributed by atoms with Gasteiger partial charge in [-0.05, 0) is 26.0 Å². The number of nitrogens with one attached hydrogen (secondary N) is 2. The van der Waals surface area contributed by atoms with Crippen LogP contribution in [-0.2, 0) is 10.0 Å². The predicted octanol–water partition coefficient (Wildman–Crippen LogP) is 2.46. The zero-order valence-electron chi connectivity index (χ0n) is 9.66. The molecule has 1 aromatic rings. The van der Waals surface area contributed by atoms with Gasteiger partial charge in [-0.3, -0.25) is 0 Å². The molecule has 0 saturated heterocycles. The van der Waals surface area contributed by atoms with Crippen LogP contribution in [0.5, 0.6) is 0 Å². The van der Waals surface area contributed by atoms with E-state index < -0.39 is 10.0 Å². The van der Waals surface area contributed by atoms with Crippen molar-refractivity contribution in [3.05, 3.63) is 22.2 Å². The van der Waals surface area contributed by atoms with E-state index in [-0.39, 0.29) is 26.9 Å². The summed E-state index contributed by atoms with van der Waals surface area (Å²) in [5, 5.41) is 6.22. The third kappa shape index (κ3) is 2.55. The van der Waals surface area contributed by atoms with Gasteiger partial charge in [0.2, 0.25) is 5.96 Å². The minimum atomic E-state index is -3.79. The Morgan fingerprint density at radius 3 is 2.61 bits per heavy atom. The van der Waals surface area contributed by atoms with Crippen LogP contribution in [0.4, 0.5) is 5.69 Å². The van der Waals surface area contributed by atoms with E-state index in [1.807, 2.05) is 13.8 Å². The summed E-state index contributed by atoms with van der Waals surface area (Å²) in [6.45, 7) is 3.74. The molecule has 1 aliphatic heterocycles. The average Bonchev–Trinajstić information content (AvgIpc) is 2.18. The monoisotopic (exact) mass is 307 g/mol. The van der Waals surface area contributed by atoms with E-state index in [0.29, 0.717) is 5.69 Å². The summed E-state index contributed by atoms with van der Waals surface area (Å²) in [4.78, 5) is -0.0192. The van der Waals surface area contributed by atoms with Gasteiger partial charge in [0.25, 0.3) is 10.0 Å². The number of hydrogen-bond acceptors (Lipinski definition) is 4. The number of benzene rings is 1. The lowest BCUT2D eigenvalue weighted by atomic mass is 10.3. The molecule has 0 fully saturated rings. The van der Waals surface area contributed by atoms with E-state index in [9.17, 15) is 8.42 Å². The molecule has 0 amide bonds. The highest BCUT2D eigenvalue weighted by molar-refractivity contribution is 7.90. The Morgan fingerprint density at radius 2 is 2.00 bits per heavy atom. The molecule has 5 nitrogen and oxygen atoms in total. The first-order chi connectivity index (χ1) is 8.29. The Balaban J connectivity index is 2.55. The van der Waals surface area contributed by atoms with Crippen molar-refractivity contribution < 1.29 is 8.42 Å². The highest BCUT2D eigenvalue weighted by Crippen LogP contribution is 2.36. The van der Waals surface area contributed by atoms with Crippen molar-refractivity contribution in [3.63, 3.8) is 0 Å². The molecule has 2 N–H and O–H groups in total. The van der Waals surface area contributed by atoms with Crippen molar-refractivity contribution in [3.8, 4) is 0 Å². The van der Waals surface area contributed by atoms with Gasteiger partial charge in [0.15, 0.2) is 0 Å². The number of guanidine groups is 1. The van der Waals surface area contributed by atoms with Gasteiger partial charge in [0.05, 0.1) is 10.7 Å². The molecule has 0 aromatic heterocycles. The van der Waals surface area contributed by atoms with E-state index in [1.54, 1.807) is 0 Å². The lowest BCUT2D eigenvalue weighted by Crippen LogP contribution is -2.38. The van der Waals surface area contributed by atoms with Crippen molar-refractivity contribution in [2.45, 2.75) is 24.8 Å². The SMILES string of the molecule is CC(C)NC1=NS(=O)(=O)c2cc(Cl)cc(Cl)c2N1. The Morgan fingerprint density at radius 1 is 1.33 bits per heavy atom.